The fourth-order valence-electron chi connectivity index (χ4n) is 3.91. The van der Waals surface area contributed by atoms with Crippen molar-refractivity contribution < 1.29 is 4.74 Å². The lowest BCUT2D eigenvalue weighted by Crippen LogP contribution is -2.55. The molecule has 0 aromatic heterocycles. The summed E-state index contributed by atoms with van der Waals surface area (Å²) in [5.41, 5.74) is 0.227. The van der Waals surface area contributed by atoms with Crippen LogP contribution in [-0.4, -0.2) is 37.4 Å². The Labute approximate surface area is 111 Å². The lowest BCUT2D eigenvalue weighted by atomic mass is 9.77. The number of nitrogens with one attached hydrogen (secondary N) is 2. The molecule has 3 nitrogen and oxygen atoms in total. The summed E-state index contributed by atoms with van der Waals surface area (Å²) < 4.78 is 5.50. The minimum absolute atomic E-state index is 0.227. The van der Waals surface area contributed by atoms with Crippen molar-refractivity contribution in [1.82, 2.24) is 10.6 Å². The van der Waals surface area contributed by atoms with E-state index in [4.69, 9.17) is 4.74 Å². The summed E-state index contributed by atoms with van der Waals surface area (Å²) in [6.45, 7) is 5.22. The fraction of sp³-hybridized carbons (Fsp3) is 1.00. The van der Waals surface area contributed by atoms with Gasteiger partial charge < -0.3 is 15.4 Å². The van der Waals surface area contributed by atoms with Crippen molar-refractivity contribution in [2.24, 2.45) is 5.92 Å². The highest BCUT2D eigenvalue weighted by Crippen LogP contribution is 2.32. The monoisotopic (exact) mass is 252 g/mol. The van der Waals surface area contributed by atoms with Crippen molar-refractivity contribution in [1.29, 1.82) is 0 Å². The average molecular weight is 252 g/mol. The Morgan fingerprint density at radius 1 is 1.22 bits per heavy atom. The highest BCUT2D eigenvalue weighted by Gasteiger charge is 2.34. The van der Waals surface area contributed by atoms with E-state index in [2.05, 4.69) is 17.6 Å². The maximum atomic E-state index is 5.50. The van der Waals surface area contributed by atoms with Crippen molar-refractivity contribution in [2.45, 2.75) is 69.5 Å². The Morgan fingerprint density at radius 2 is 2.11 bits per heavy atom. The maximum absolute atomic E-state index is 5.50. The molecule has 0 aromatic rings. The summed E-state index contributed by atoms with van der Waals surface area (Å²) in [5.74, 6) is 0.973. The first-order valence-corrected chi connectivity index (χ1v) is 7.84. The molecule has 1 aliphatic carbocycles. The number of fused-ring (bicyclic) bond motifs is 1. The van der Waals surface area contributed by atoms with E-state index in [0.717, 1.165) is 38.1 Å². The molecular weight excluding hydrogens is 224 g/mol. The molecule has 2 saturated heterocycles. The molecule has 2 N–H and O–H groups in total. The average Bonchev–Trinajstić information content (AvgIpc) is 2.84. The first-order valence-electron chi connectivity index (χ1n) is 7.84. The van der Waals surface area contributed by atoms with Crippen LogP contribution in [0.25, 0.3) is 0 Å². The molecule has 3 aliphatic rings. The number of rotatable bonds is 3. The van der Waals surface area contributed by atoms with Gasteiger partial charge in [-0.05, 0) is 44.9 Å². The third kappa shape index (κ3) is 2.89. The number of ether oxygens (including phenoxy) is 1. The summed E-state index contributed by atoms with van der Waals surface area (Å²) in [5, 5.41) is 7.63. The highest BCUT2D eigenvalue weighted by molar-refractivity contribution is 4.93. The quantitative estimate of drug-likeness (QED) is 0.807. The molecule has 2 heterocycles. The molecule has 3 rings (SSSR count). The van der Waals surface area contributed by atoms with Crippen LogP contribution in [0.5, 0.6) is 0 Å². The van der Waals surface area contributed by atoms with E-state index >= 15 is 0 Å². The molecule has 2 aliphatic heterocycles. The predicted octanol–water partition coefficient (Wildman–Crippen LogP) is 2.07. The summed E-state index contributed by atoms with van der Waals surface area (Å²) in [4.78, 5) is 0. The zero-order chi connectivity index (χ0) is 12.4. The Kier molecular flexibility index (Phi) is 3.92. The number of hydrogen-bond acceptors (Lipinski definition) is 3. The van der Waals surface area contributed by atoms with Gasteiger partial charge in [0.05, 0.1) is 6.61 Å². The van der Waals surface area contributed by atoms with Gasteiger partial charge in [0.25, 0.3) is 0 Å². The number of hydrogen-bond donors (Lipinski definition) is 2. The topological polar surface area (TPSA) is 33.3 Å². The van der Waals surface area contributed by atoms with Crippen LogP contribution < -0.4 is 10.6 Å². The van der Waals surface area contributed by atoms with Crippen LogP contribution in [-0.2, 0) is 4.74 Å². The van der Waals surface area contributed by atoms with Crippen molar-refractivity contribution in [3.8, 4) is 0 Å². The molecular formula is C15H28N2O. The van der Waals surface area contributed by atoms with Crippen LogP contribution in [0, 0.1) is 5.92 Å². The van der Waals surface area contributed by atoms with Gasteiger partial charge in [-0.3, -0.25) is 0 Å². The van der Waals surface area contributed by atoms with Gasteiger partial charge in [-0.15, -0.1) is 0 Å². The Hall–Kier alpha value is -0.120. The van der Waals surface area contributed by atoms with Gasteiger partial charge >= 0.3 is 0 Å². The van der Waals surface area contributed by atoms with E-state index in [1.54, 1.807) is 0 Å². The second kappa shape index (κ2) is 5.48. The van der Waals surface area contributed by atoms with Crippen LogP contribution in [0.1, 0.15) is 51.9 Å². The lowest BCUT2D eigenvalue weighted by Gasteiger charge is -2.41. The molecule has 0 aromatic carbocycles. The van der Waals surface area contributed by atoms with Crippen LogP contribution in [0.15, 0.2) is 0 Å². The molecule has 0 spiro atoms. The first kappa shape index (κ1) is 12.9. The van der Waals surface area contributed by atoms with E-state index < -0.39 is 0 Å². The molecule has 3 fully saturated rings. The zero-order valence-corrected chi connectivity index (χ0v) is 11.7. The normalized spacial score (nSPS) is 44.8. The second-order valence-electron chi connectivity index (χ2n) is 6.84. The van der Waals surface area contributed by atoms with E-state index in [1.807, 2.05) is 0 Å². The SMILES string of the molecule is CC1(NCC2CCC3CCCCC3N2)CCOC1. The van der Waals surface area contributed by atoms with E-state index in [9.17, 15) is 0 Å². The van der Waals surface area contributed by atoms with Gasteiger partial charge in [-0.1, -0.05) is 12.8 Å². The Morgan fingerprint density at radius 3 is 2.94 bits per heavy atom. The van der Waals surface area contributed by atoms with Crippen LogP contribution in [0.4, 0.5) is 0 Å². The standard InChI is InChI=1S/C15H28N2O/c1-15(8-9-18-11-15)16-10-13-7-6-12-4-2-3-5-14(12)17-13/h12-14,16-17H,2-11H2,1H3. The zero-order valence-electron chi connectivity index (χ0n) is 11.7. The predicted molar refractivity (Wildman–Crippen MR) is 73.7 cm³/mol. The first-order chi connectivity index (χ1) is 8.75. The lowest BCUT2D eigenvalue weighted by molar-refractivity contribution is 0.154. The molecule has 0 bridgehead atoms. The van der Waals surface area contributed by atoms with Crippen LogP contribution in [0.2, 0.25) is 0 Å². The summed E-state index contributed by atoms with van der Waals surface area (Å²) in [6, 6.07) is 1.49. The van der Waals surface area contributed by atoms with Gasteiger partial charge in [-0.2, -0.15) is 0 Å². The largest absolute Gasteiger partial charge is 0.379 e. The highest BCUT2D eigenvalue weighted by atomic mass is 16.5. The van der Waals surface area contributed by atoms with Crippen LogP contribution >= 0.6 is 0 Å². The van der Waals surface area contributed by atoms with Crippen molar-refractivity contribution in [3.63, 3.8) is 0 Å². The minimum Gasteiger partial charge on any atom is -0.379 e. The van der Waals surface area contributed by atoms with Gasteiger partial charge in [-0.25, -0.2) is 0 Å². The second-order valence-corrected chi connectivity index (χ2v) is 6.84. The fourth-order valence-corrected chi connectivity index (χ4v) is 3.91. The summed E-state index contributed by atoms with van der Waals surface area (Å²) >= 11 is 0. The molecule has 0 amide bonds. The van der Waals surface area contributed by atoms with E-state index in [1.165, 1.54) is 38.5 Å². The third-order valence-electron chi connectivity index (χ3n) is 5.24. The summed E-state index contributed by atoms with van der Waals surface area (Å²) in [6.07, 6.45) is 9.71. The van der Waals surface area contributed by atoms with Gasteiger partial charge in [0, 0.05) is 30.8 Å². The van der Waals surface area contributed by atoms with E-state index in [-0.39, 0.29) is 5.54 Å². The van der Waals surface area contributed by atoms with Gasteiger partial charge in [0.2, 0.25) is 0 Å². The van der Waals surface area contributed by atoms with E-state index in [0.29, 0.717) is 6.04 Å². The smallest absolute Gasteiger partial charge is 0.0646 e. The molecule has 4 unspecified atom stereocenters. The minimum atomic E-state index is 0.227. The Bertz CT molecular complexity index is 276. The molecule has 104 valence electrons. The molecule has 4 atom stereocenters. The molecule has 1 saturated carbocycles. The van der Waals surface area contributed by atoms with Crippen molar-refractivity contribution in [2.75, 3.05) is 19.8 Å². The molecule has 18 heavy (non-hydrogen) atoms. The van der Waals surface area contributed by atoms with Crippen molar-refractivity contribution >= 4 is 0 Å². The van der Waals surface area contributed by atoms with Crippen molar-refractivity contribution in [3.05, 3.63) is 0 Å². The maximum Gasteiger partial charge on any atom is 0.0646 e. The van der Waals surface area contributed by atoms with Crippen LogP contribution in [0.3, 0.4) is 0 Å². The third-order valence-corrected chi connectivity index (χ3v) is 5.24. The van der Waals surface area contributed by atoms with Gasteiger partial charge in [0.15, 0.2) is 0 Å². The summed E-state index contributed by atoms with van der Waals surface area (Å²) in [7, 11) is 0. The number of piperidine rings is 1. The van der Waals surface area contributed by atoms with Gasteiger partial charge in [0.1, 0.15) is 0 Å². The molecule has 0 radical (unpaired) electrons. The molecule has 3 heteroatoms. The Balaban J connectivity index is 1.46.